The number of rotatable bonds is 4. The van der Waals surface area contributed by atoms with Gasteiger partial charge in [0, 0.05) is 29.7 Å². The first-order valence-corrected chi connectivity index (χ1v) is 6.43. The molecule has 19 heavy (non-hydrogen) atoms. The molecule has 1 aromatic rings. The van der Waals surface area contributed by atoms with Gasteiger partial charge in [-0.1, -0.05) is 6.42 Å². The first-order valence-electron chi connectivity index (χ1n) is 6.43. The maximum absolute atomic E-state index is 12.0. The second-order valence-corrected chi connectivity index (χ2v) is 4.90. The Hall–Kier alpha value is -1.88. The molecule has 5 nitrogen and oxygen atoms in total. The summed E-state index contributed by atoms with van der Waals surface area (Å²) in [5.41, 5.74) is 6.02. The van der Waals surface area contributed by atoms with Crippen molar-refractivity contribution in [1.82, 2.24) is 5.32 Å². The monoisotopic (exact) mass is 262 g/mol. The zero-order valence-corrected chi connectivity index (χ0v) is 10.6. The molecule has 2 amide bonds. The van der Waals surface area contributed by atoms with E-state index >= 15 is 0 Å². The van der Waals surface area contributed by atoms with Gasteiger partial charge in [0.25, 0.3) is 5.91 Å². The molecule has 2 atom stereocenters. The lowest BCUT2D eigenvalue weighted by atomic mass is 10.0. The molecule has 1 aliphatic rings. The molecule has 4 N–H and O–H groups in total. The van der Waals surface area contributed by atoms with E-state index in [0.717, 1.165) is 19.3 Å². The minimum absolute atomic E-state index is 0.0355. The first-order chi connectivity index (χ1) is 9.11. The summed E-state index contributed by atoms with van der Waals surface area (Å²) in [4.78, 5) is 23.0. The van der Waals surface area contributed by atoms with E-state index in [1.165, 1.54) is 12.1 Å². The Balaban J connectivity index is 2.01. The predicted octanol–water partition coefficient (Wildman–Crippen LogP) is 0.676. The molecule has 2 rings (SSSR count). The number of benzene rings is 1. The van der Waals surface area contributed by atoms with E-state index in [-0.39, 0.29) is 24.5 Å². The van der Waals surface area contributed by atoms with E-state index in [2.05, 4.69) is 5.32 Å². The van der Waals surface area contributed by atoms with Gasteiger partial charge in [-0.3, -0.25) is 9.59 Å². The van der Waals surface area contributed by atoms with Gasteiger partial charge in [0.2, 0.25) is 5.91 Å². The van der Waals surface area contributed by atoms with E-state index in [1.807, 2.05) is 0 Å². The van der Waals surface area contributed by atoms with Gasteiger partial charge in [0.05, 0.1) is 0 Å². The maximum Gasteiger partial charge on any atom is 0.251 e. The number of nitrogens with two attached hydrogens (primary N) is 1. The fraction of sp³-hybridized carbons (Fsp3) is 0.429. The number of amides is 2. The number of aliphatic hydroxyl groups is 1. The van der Waals surface area contributed by atoms with E-state index in [0.29, 0.717) is 11.1 Å². The van der Waals surface area contributed by atoms with Crippen molar-refractivity contribution >= 4 is 11.8 Å². The van der Waals surface area contributed by atoms with Gasteiger partial charge >= 0.3 is 0 Å². The van der Waals surface area contributed by atoms with Crippen LogP contribution in [0.5, 0.6) is 0 Å². The molecule has 5 heteroatoms. The minimum atomic E-state index is -0.511. The Morgan fingerprint density at radius 3 is 2.42 bits per heavy atom. The lowest BCUT2D eigenvalue weighted by Crippen LogP contribution is -2.38. The van der Waals surface area contributed by atoms with Crippen LogP contribution in [0.2, 0.25) is 0 Å². The normalized spacial score (nSPS) is 22.2. The van der Waals surface area contributed by atoms with E-state index < -0.39 is 5.91 Å². The van der Waals surface area contributed by atoms with Crippen LogP contribution in [0.4, 0.5) is 0 Å². The summed E-state index contributed by atoms with van der Waals surface area (Å²) < 4.78 is 0. The molecule has 0 saturated heterocycles. The largest absolute Gasteiger partial charge is 0.396 e. The Morgan fingerprint density at radius 2 is 1.84 bits per heavy atom. The van der Waals surface area contributed by atoms with Crippen LogP contribution in [0.25, 0.3) is 0 Å². The Bertz CT molecular complexity index is 470. The molecule has 1 fully saturated rings. The number of aliphatic hydroxyl groups excluding tert-OH is 1. The summed E-state index contributed by atoms with van der Waals surface area (Å²) >= 11 is 0. The second kappa shape index (κ2) is 5.84. The summed E-state index contributed by atoms with van der Waals surface area (Å²) in [6.07, 6.45) is 2.87. The Kier molecular flexibility index (Phi) is 4.16. The van der Waals surface area contributed by atoms with Crippen molar-refractivity contribution in [3.05, 3.63) is 35.4 Å². The average Bonchev–Trinajstić information content (AvgIpc) is 2.86. The molecule has 0 radical (unpaired) electrons. The minimum Gasteiger partial charge on any atom is -0.396 e. The number of carbonyl (C=O) groups excluding carboxylic acids is 2. The number of carbonyl (C=O) groups is 2. The van der Waals surface area contributed by atoms with Gasteiger partial charge in [-0.25, -0.2) is 0 Å². The highest BCUT2D eigenvalue weighted by Crippen LogP contribution is 2.25. The van der Waals surface area contributed by atoms with Gasteiger partial charge in [0.15, 0.2) is 0 Å². The highest BCUT2D eigenvalue weighted by molar-refractivity contribution is 5.97. The first kappa shape index (κ1) is 13.5. The molecule has 0 spiro atoms. The fourth-order valence-electron chi connectivity index (χ4n) is 2.48. The van der Waals surface area contributed by atoms with Gasteiger partial charge < -0.3 is 16.2 Å². The van der Waals surface area contributed by atoms with Crippen molar-refractivity contribution in [2.24, 2.45) is 11.7 Å². The van der Waals surface area contributed by atoms with Crippen molar-refractivity contribution in [3.63, 3.8) is 0 Å². The number of primary amides is 1. The number of nitrogens with one attached hydrogen (secondary N) is 1. The van der Waals surface area contributed by atoms with Crippen molar-refractivity contribution < 1.29 is 14.7 Å². The molecular formula is C14H18N2O3. The fourth-order valence-corrected chi connectivity index (χ4v) is 2.48. The predicted molar refractivity (Wildman–Crippen MR) is 70.6 cm³/mol. The molecule has 0 aliphatic heterocycles. The second-order valence-electron chi connectivity index (χ2n) is 4.90. The van der Waals surface area contributed by atoms with Crippen molar-refractivity contribution in [3.8, 4) is 0 Å². The lowest BCUT2D eigenvalue weighted by Gasteiger charge is -2.19. The van der Waals surface area contributed by atoms with Crippen LogP contribution < -0.4 is 11.1 Å². The molecule has 0 unspecified atom stereocenters. The summed E-state index contributed by atoms with van der Waals surface area (Å²) in [6, 6.07) is 6.27. The zero-order valence-electron chi connectivity index (χ0n) is 10.6. The molecule has 0 bridgehead atoms. The van der Waals surface area contributed by atoms with E-state index in [1.54, 1.807) is 12.1 Å². The van der Waals surface area contributed by atoms with Crippen LogP contribution in [-0.2, 0) is 0 Å². The highest BCUT2D eigenvalue weighted by Gasteiger charge is 2.28. The zero-order chi connectivity index (χ0) is 13.8. The maximum atomic E-state index is 12.0. The molecule has 1 aromatic carbocycles. The average molecular weight is 262 g/mol. The smallest absolute Gasteiger partial charge is 0.251 e. The number of hydrogen-bond donors (Lipinski definition) is 3. The molecule has 1 aliphatic carbocycles. The summed E-state index contributed by atoms with van der Waals surface area (Å²) in [6.45, 7) is 0.103. The van der Waals surface area contributed by atoms with Gasteiger partial charge in [-0.2, -0.15) is 0 Å². The van der Waals surface area contributed by atoms with Crippen molar-refractivity contribution in [2.75, 3.05) is 6.61 Å². The van der Waals surface area contributed by atoms with Crippen molar-refractivity contribution in [1.29, 1.82) is 0 Å². The van der Waals surface area contributed by atoms with E-state index in [4.69, 9.17) is 5.73 Å². The highest BCUT2D eigenvalue weighted by atomic mass is 16.3. The summed E-state index contributed by atoms with van der Waals surface area (Å²) in [5, 5.41) is 12.1. The molecule has 0 aromatic heterocycles. The van der Waals surface area contributed by atoms with Gasteiger partial charge in [-0.05, 0) is 37.1 Å². The molecule has 0 heterocycles. The third-order valence-electron chi connectivity index (χ3n) is 3.64. The van der Waals surface area contributed by atoms with Crippen LogP contribution >= 0.6 is 0 Å². The van der Waals surface area contributed by atoms with E-state index in [9.17, 15) is 14.7 Å². The molecule has 102 valence electrons. The third kappa shape index (κ3) is 3.12. The van der Waals surface area contributed by atoms with Crippen LogP contribution in [-0.4, -0.2) is 29.6 Å². The van der Waals surface area contributed by atoms with Crippen LogP contribution in [0, 0.1) is 5.92 Å². The lowest BCUT2D eigenvalue weighted by molar-refractivity contribution is 0.0914. The number of hydrogen-bond acceptors (Lipinski definition) is 3. The Labute approximate surface area is 111 Å². The quantitative estimate of drug-likeness (QED) is 0.745. The summed E-state index contributed by atoms with van der Waals surface area (Å²) in [7, 11) is 0. The summed E-state index contributed by atoms with van der Waals surface area (Å²) in [5.74, 6) is -0.543. The van der Waals surface area contributed by atoms with Crippen LogP contribution in [0.3, 0.4) is 0 Å². The Morgan fingerprint density at radius 1 is 1.21 bits per heavy atom. The van der Waals surface area contributed by atoms with Crippen LogP contribution in [0.1, 0.15) is 40.0 Å². The SMILES string of the molecule is NC(=O)c1ccc(C(=O)N[C@@H]2CCC[C@@H]2CO)cc1. The van der Waals surface area contributed by atoms with Crippen molar-refractivity contribution in [2.45, 2.75) is 25.3 Å². The molecule has 1 saturated carbocycles. The molecular weight excluding hydrogens is 244 g/mol. The third-order valence-corrected chi connectivity index (χ3v) is 3.64. The van der Waals surface area contributed by atoms with Gasteiger partial charge in [-0.15, -0.1) is 0 Å². The topological polar surface area (TPSA) is 92.4 Å². The van der Waals surface area contributed by atoms with Gasteiger partial charge in [0.1, 0.15) is 0 Å². The van der Waals surface area contributed by atoms with Crippen LogP contribution in [0.15, 0.2) is 24.3 Å². The standard InChI is InChI=1S/C14H18N2O3/c15-13(18)9-4-6-10(7-5-9)14(19)16-12-3-1-2-11(12)8-17/h4-7,11-12,17H,1-3,8H2,(H2,15,18)(H,16,19)/t11-,12-/m1/s1.